The van der Waals surface area contributed by atoms with Crippen LogP contribution in [0.15, 0.2) is 48.5 Å². The molecule has 0 saturated carbocycles. The second kappa shape index (κ2) is 7.29. The van der Waals surface area contributed by atoms with Crippen LogP contribution in [0, 0.1) is 0 Å². The molecule has 0 aliphatic heterocycles. The van der Waals surface area contributed by atoms with Crippen LogP contribution in [0.3, 0.4) is 0 Å². The molecule has 0 heterocycles. The Morgan fingerprint density at radius 2 is 1.74 bits per heavy atom. The SMILES string of the molecule is CC(C)(C)OC(=O)NCc1cccc(-c2ccc(CN)cc2)c1. The van der Waals surface area contributed by atoms with Gasteiger partial charge in [-0.2, -0.15) is 0 Å². The molecule has 0 bridgehead atoms. The molecule has 0 atom stereocenters. The van der Waals surface area contributed by atoms with E-state index in [9.17, 15) is 4.79 Å². The molecule has 3 N–H and O–H groups in total. The molecule has 0 aromatic heterocycles. The van der Waals surface area contributed by atoms with E-state index in [4.69, 9.17) is 10.5 Å². The standard InChI is InChI=1S/C19H24N2O2/c1-19(2,3)23-18(22)21-13-15-5-4-6-17(11-15)16-9-7-14(12-20)8-10-16/h4-11H,12-13,20H2,1-3H3,(H,21,22). The van der Waals surface area contributed by atoms with Gasteiger partial charge < -0.3 is 15.8 Å². The molecular formula is C19H24N2O2. The first-order valence-corrected chi connectivity index (χ1v) is 7.72. The molecular weight excluding hydrogens is 288 g/mol. The lowest BCUT2D eigenvalue weighted by molar-refractivity contribution is 0.0523. The predicted molar refractivity (Wildman–Crippen MR) is 92.8 cm³/mol. The largest absolute Gasteiger partial charge is 0.444 e. The Morgan fingerprint density at radius 3 is 2.35 bits per heavy atom. The van der Waals surface area contributed by atoms with Gasteiger partial charge in [0.2, 0.25) is 0 Å². The van der Waals surface area contributed by atoms with E-state index in [-0.39, 0.29) is 0 Å². The Hall–Kier alpha value is -2.33. The number of nitrogens with two attached hydrogens (primary N) is 1. The molecule has 1 amide bonds. The lowest BCUT2D eigenvalue weighted by Crippen LogP contribution is -2.32. The molecule has 4 heteroatoms. The molecule has 4 nitrogen and oxygen atoms in total. The normalized spacial score (nSPS) is 11.1. The average Bonchev–Trinajstić information content (AvgIpc) is 2.52. The van der Waals surface area contributed by atoms with Crippen LogP contribution in [0.5, 0.6) is 0 Å². The number of carbonyl (C=O) groups excluding carboxylic acids is 1. The Bertz CT molecular complexity index is 658. The molecule has 2 aromatic carbocycles. The van der Waals surface area contributed by atoms with Crippen molar-refractivity contribution >= 4 is 6.09 Å². The van der Waals surface area contributed by atoms with Crippen LogP contribution in [0.25, 0.3) is 11.1 Å². The zero-order valence-corrected chi connectivity index (χ0v) is 13.9. The van der Waals surface area contributed by atoms with Gasteiger partial charge in [-0.25, -0.2) is 4.79 Å². The Kier molecular flexibility index (Phi) is 5.40. The maximum atomic E-state index is 11.7. The maximum Gasteiger partial charge on any atom is 0.407 e. The summed E-state index contributed by atoms with van der Waals surface area (Å²) in [5, 5.41) is 2.77. The van der Waals surface area contributed by atoms with Crippen molar-refractivity contribution in [2.75, 3.05) is 0 Å². The van der Waals surface area contributed by atoms with Crippen molar-refractivity contribution in [1.29, 1.82) is 0 Å². The number of hydrogen-bond acceptors (Lipinski definition) is 3. The van der Waals surface area contributed by atoms with Gasteiger partial charge in [-0.1, -0.05) is 42.5 Å². The molecule has 0 radical (unpaired) electrons. The summed E-state index contributed by atoms with van der Waals surface area (Å²) in [5.41, 5.74) is 9.50. The summed E-state index contributed by atoms with van der Waals surface area (Å²) in [6, 6.07) is 16.3. The molecule has 2 aromatic rings. The summed E-state index contributed by atoms with van der Waals surface area (Å²) in [6.45, 7) is 6.51. The lowest BCUT2D eigenvalue weighted by atomic mass is 10.0. The van der Waals surface area contributed by atoms with E-state index in [2.05, 4.69) is 29.6 Å². The van der Waals surface area contributed by atoms with Crippen molar-refractivity contribution in [2.24, 2.45) is 5.73 Å². The second-order valence-corrected chi connectivity index (χ2v) is 6.46. The monoisotopic (exact) mass is 312 g/mol. The first kappa shape index (κ1) is 17.0. The van der Waals surface area contributed by atoms with Gasteiger partial charge in [-0.3, -0.25) is 0 Å². The summed E-state index contributed by atoms with van der Waals surface area (Å²) in [6.07, 6.45) is -0.407. The molecule has 0 unspecified atom stereocenters. The molecule has 2 rings (SSSR count). The van der Waals surface area contributed by atoms with Crippen molar-refractivity contribution in [3.63, 3.8) is 0 Å². The van der Waals surface area contributed by atoms with E-state index in [1.807, 2.05) is 45.0 Å². The number of alkyl carbamates (subject to hydrolysis) is 1. The summed E-state index contributed by atoms with van der Waals surface area (Å²) < 4.78 is 5.24. The van der Waals surface area contributed by atoms with Crippen molar-refractivity contribution in [2.45, 2.75) is 39.5 Å². The van der Waals surface area contributed by atoms with Crippen molar-refractivity contribution < 1.29 is 9.53 Å². The fourth-order valence-electron chi connectivity index (χ4n) is 2.18. The minimum absolute atomic E-state index is 0.407. The number of amides is 1. The van der Waals surface area contributed by atoms with E-state index in [0.717, 1.165) is 22.3 Å². The number of ether oxygens (including phenoxy) is 1. The quantitative estimate of drug-likeness (QED) is 0.901. The fourth-order valence-corrected chi connectivity index (χ4v) is 2.18. The van der Waals surface area contributed by atoms with Gasteiger partial charge in [0.25, 0.3) is 0 Å². The summed E-state index contributed by atoms with van der Waals surface area (Å²) in [4.78, 5) is 11.7. The van der Waals surface area contributed by atoms with Crippen LogP contribution in [0.4, 0.5) is 4.79 Å². The van der Waals surface area contributed by atoms with Crippen LogP contribution in [-0.4, -0.2) is 11.7 Å². The van der Waals surface area contributed by atoms with Gasteiger partial charge in [-0.05, 0) is 49.1 Å². The van der Waals surface area contributed by atoms with Crippen molar-refractivity contribution in [1.82, 2.24) is 5.32 Å². The van der Waals surface area contributed by atoms with Gasteiger partial charge >= 0.3 is 6.09 Å². The third kappa shape index (κ3) is 5.42. The van der Waals surface area contributed by atoms with Gasteiger partial charge in [0.1, 0.15) is 5.60 Å². The maximum absolute atomic E-state index is 11.7. The number of hydrogen-bond donors (Lipinski definition) is 2. The smallest absolute Gasteiger partial charge is 0.407 e. The minimum atomic E-state index is -0.489. The number of nitrogens with one attached hydrogen (secondary N) is 1. The van der Waals surface area contributed by atoms with E-state index in [0.29, 0.717) is 13.1 Å². The number of benzene rings is 2. The van der Waals surface area contributed by atoms with Gasteiger partial charge in [0, 0.05) is 13.1 Å². The topological polar surface area (TPSA) is 64.3 Å². The van der Waals surface area contributed by atoms with Gasteiger partial charge in [-0.15, -0.1) is 0 Å². The highest BCUT2D eigenvalue weighted by Crippen LogP contribution is 2.21. The van der Waals surface area contributed by atoms with E-state index < -0.39 is 11.7 Å². The van der Waals surface area contributed by atoms with Crippen LogP contribution >= 0.6 is 0 Å². The molecule has 122 valence electrons. The zero-order valence-electron chi connectivity index (χ0n) is 13.9. The number of rotatable bonds is 4. The highest BCUT2D eigenvalue weighted by molar-refractivity contribution is 5.68. The first-order chi connectivity index (χ1) is 10.9. The molecule has 0 aliphatic carbocycles. The van der Waals surface area contributed by atoms with Crippen LogP contribution in [0.2, 0.25) is 0 Å². The summed E-state index contributed by atoms with van der Waals surface area (Å²) in [5.74, 6) is 0. The predicted octanol–water partition coefficient (Wildman–Crippen LogP) is 3.84. The van der Waals surface area contributed by atoms with Crippen LogP contribution in [0.1, 0.15) is 31.9 Å². The molecule has 0 aliphatic rings. The third-order valence-electron chi connectivity index (χ3n) is 3.29. The van der Waals surface area contributed by atoms with Gasteiger partial charge in [0.15, 0.2) is 0 Å². The highest BCUT2D eigenvalue weighted by Gasteiger charge is 2.15. The zero-order chi connectivity index (χ0) is 16.9. The lowest BCUT2D eigenvalue weighted by Gasteiger charge is -2.19. The summed E-state index contributed by atoms with van der Waals surface area (Å²) in [7, 11) is 0. The van der Waals surface area contributed by atoms with Crippen molar-refractivity contribution in [3.8, 4) is 11.1 Å². The van der Waals surface area contributed by atoms with Crippen molar-refractivity contribution in [3.05, 3.63) is 59.7 Å². The Morgan fingerprint density at radius 1 is 1.04 bits per heavy atom. The first-order valence-electron chi connectivity index (χ1n) is 7.72. The highest BCUT2D eigenvalue weighted by atomic mass is 16.6. The summed E-state index contributed by atoms with van der Waals surface area (Å²) >= 11 is 0. The molecule has 23 heavy (non-hydrogen) atoms. The molecule has 0 spiro atoms. The van der Waals surface area contributed by atoms with Gasteiger partial charge in [0.05, 0.1) is 0 Å². The third-order valence-corrected chi connectivity index (χ3v) is 3.29. The van der Waals surface area contributed by atoms with E-state index in [1.165, 1.54) is 0 Å². The fraction of sp³-hybridized carbons (Fsp3) is 0.316. The Balaban J connectivity index is 2.03. The van der Waals surface area contributed by atoms with Crippen LogP contribution < -0.4 is 11.1 Å². The Labute approximate surface area is 137 Å². The van der Waals surface area contributed by atoms with E-state index in [1.54, 1.807) is 0 Å². The molecule has 0 fully saturated rings. The minimum Gasteiger partial charge on any atom is -0.444 e. The van der Waals surface area contributed by atoms with E-state index >= 15 is 0 Å². The number of carbonyl (C=O) groups is 1. The second-order valence-electron chi connectivity index (χ2n) is 6.46. The van der Waals surface area contributed by atoms with Crippen LogP contribution in [-0.2, 0) is 17.8 Å². The average molecular weight is 312 g/mol. The molecule has 0 saturated heterocycles.